The second kappa shape index (κ2) is 14.1. The summed E-state index contributed by atoms with van der Waals surface area (Å²) in [5.74, 6) is -0.530. The molecule has 0 saturated carbocycles. The average Bonchev–Trinajstić information content (AvgIpc) is 2.93. The maximum absolute atomic E-state index is 14.2. The van der Waals surface area contributed by atoms with Gasteiger partial charge >= 0.3 is 10.2 Å². The fourth-order valence-corrected chi connectivity index (χ4v) is 5.35. The van der Waals surface area contributed by atoms with Crippen LogP contribution in [-0.2, 0) is 32.8 Å². The highest BCUT2D eigenvalue weighted by molar-refractivity contribution is 7.90. The summed E-state index contributed by atoms with van der Waals surface area (Å²) in [4.78, 5) is 29.4. The molecular weight excluding hydrogens is 524 g/mol. The molecule has 0 radical (unpaired) electrons. The molecule has 0 unspecified atom stereocenters. The molecule has 0 bridgehead atoms. The largest absolute Gasteiger partial charge is 0.354 e. The molecule has 0 aliphatic heterocycles. The summed E-state index contributed by atoms with van der Waals surface area (Å²) in [5, 5.41) is 3.00. The zero-order valence-corrected chi connectivity index (χ0v) is 24.8. The van der Waals surface area contributed by atoms with Crippen LogP contribution in [0.2, 0.25) is 0 Å². The Balaban J connectivity index is 2.07. The van der Waals surface area contributed by atoms with Crippen LogP contribution in [0.4, 0.5) is 5.69 Å². The van der Waals surface area contributed by atoms with Gasteiger partial charge in [-0.2, -0.15) is 12.7 Å². The Hall–Kier alpha value is -3.69. The molecule has 3 aromatic carbocycles. The second-order valence-corrected chi connectivity index (χ2v) is 12.6. The number of anilines is 1. The van der Waals surface area contributed by atoms with Crippen molar-refractivity contribution in [1.82, 2.24) is 14.5 Å². The van der Waals surface area contributed by atoms with Gasteiger partial charge in [-0.05, 0) is 36.1 Å². The van der Waals surface area contributed by atoms with E-state index in [0.29, 0.717) is 12.2 Å². The summed E-state index contributed by atoms with van der Waals surface area (Å²) in [5.41, 5.74) is 3.14. The standard InChI is InChI=1S/C31H40N4O4S/c1-24(2)21-32-31(37)29(20-26-14-8-6-9-15-26)34(22-27-16-12-13-25(3)19-27)30(36)23-35(40(38,39)33(4)5)28-17-10-7-11-18-28/h6-19,24,29H,20-23H2,1-5H3,(H,32,37)/t29-/m1/s1. The molecule has 0 fully saturated rings. The third kappa shape index (κ3) is 8.40. The summed E-state index contributed by atoms with van der Waals surface area (Å²) < 4.78 is 28.9. The number of hydrogen-bond acceptors (Lipinski definition) is 4. The molecule has 1 N–H and O–H groups in total. The Morgan fingerprint density at radius 2 is 1.45 bits per heavy atom. The Morgan fingerprint density at radius 3 is 2.02 bits per heavy atom. The minimum Gasteiger partial charge on any atom is -0.354 e. The van der Waals surface area contributed by atoms with Crippen LogP contribution < -0.4 is 9.62 Å². The van der Waals surface area contributed by atoms with Gasteiger partial charge in [0.15, 0.2) is 0 Å². The Morgan fingerprint density at radius 1 is 0.850 bits per heavy atom. The molecule has 2 amide bonds. The van der Waals surface area contributed by atoms with Gasteiger partial charge in [-0.3, -0.25) is 9.59 Å². The van der Waals surface area contributed by atoms with E-state index in [-0.39, 0.29) is 24.8 Å². The van der Waals surface area contributed by atoms with Gasteiger partial charge in [0, 0.05) is 33.6 Å². The Bertz CT molecular complexity index is 1360. The van der Waals surface area contributed by atoms with Crippen LogP contribution >= 0.6 is 0 Å². The van der Waals surface area contributed by atoms with E-state index < -0.39 is 28.7 Å². The highest BCUT2D eigenvalue weighted by Crippen LogP contribution is 2.22. The van der Waals surface area contributed by atoms with Crippen molar-refractivity contribution in [3.8, 4) is 0 Å². The second-order valence-electron chi connectivity index (χ2n) is 10.5. The normalized spacial score (nSPS) is 12.3. The molecule has 0 aromatic heterocycles. The van der Waals surface area contributed by atoms with Crippen molar-refractivity contribution < 1.29 is 18.0 Å². The maximum atomic E-state index is 14.2. The molecule has 8 nitrogen and oxygen atoms in total. The number of carbonyl (C=O) groups excluding carboxylic acids is 2. The fourth-order valence-electron chi connectivity index (χ4n) is 4.29. The lowest BCUT2D eigenvalue weighted by Gasteiger charge is -2.34. The molecular formula is C31H40N4O4S. The molecule has 3 rings (SSSR count). The number of hydrogen-bond donors (Lipinski definition) is 1. The van der Waals surface area contributed by atoms with Gasteiger partial charge in [0.1, 0.15) is 12.6 Å². The topological polar surface area (TPSA) is 90.0 Å². The lowest BCUT2D eigenvalue weighted by atomic mass is 10.0. The van der Waals surface area contributed by atoms with E-state index in [0.717, 1.165) is 25.3 Å². The molecule has 1 atom stereocenters. The first-order chi connectivity index (χ1) is 19.0. The number of aryl methyl sites for hydroxylation is 1. The Labute approximate surface area is 238 Å². The van der Waals surface area contributed by atoms with Crippen LogP contribution in [0.15, 0.2) is 84.9 Å². The minimum absolute atomic E-state index is 0.151. The summed E-state index contributed by atoms with van der Waals surface area (Å²) in [6.45, 7) is 6.13. The van der Waals surface area contributed by atoms with Crippen molar-refractivity contribution in [2.24, 2.45) is 5.92 Å². The first-order valence-corrected chi connectivity index (χ1v) is 14.8. The number of amides is 2. The third-order valence-corrected chi connectivity index (χ3v) is 8.27. The van der Waals surface area contributed by atoms with Crippen LogP contribution in [0, 0.1) is 12.8 Å². The molecule has 0 aliphatic carbocycles. The van der Waals surface area contributed by atoms with E-state index in [1.54, 1.807) is 30.3 Å². The monoisotopic (exact) mass is 564 g/mol. The molecule has 40 heavy (non-hydrogen) atoms. The van der Waals surface area contributed by atoms with Crippen molar-refractivity contribution in [3.63, 3.8) is 0 Å². The van der Waals surface area contributed by atoms with Crippen LogP contribution in [0.1, 0.15) is 30.5 Å². The van der Waals surface area contributed by atoms with Gasteiger partial charge in [0.25, 0.3) is 0 Å². The van der Waals surface area contributed by atoms with Gasteiger partial charge in [0.2, 0.25) is 11.8 Å². The van der Waals surface area contributed by atoms with Crippen molar-refractivity contribution in [3.05, 3.63) is 102 Å². The molecule has 3 aromatic rings. The van der Waals surface area contributed by atoms with Crippen molar-refractivity contribution in [2.45, 2.75) is 39.8 Å². The zero-order chi connectivity index (χ0) is 29.3. The molecule has 0 saturated heterocycles. The predicted molar refractivity (Wildman–Crippen MR) is 160 cm³/mol. The molecule has 0 aliphatic rings. The number of carbonyl (C=O) groups is 2. The van der Waals surface area contributed by atoms with Crippen molar-refractivity contribution >= 4 is 27.7 Å². The fraction of sp³-hybridized carbons (Fsp3) is 0.355. The quantitative estimate of drug-likeness (QED) is 0.340. The molecule has 9 heteroatoms. The first kappa shape index (κ1) is 30.8. The number of benzene rings is 3. The zero-order valence-electron chi connectivity index (χ0n) is 23.9. The SMILES string of the molecule is Cc1cccc(CN(C(=O)CN(c2ccccc2)S(=O)(=O)N(C)C)[C@H](Cc2ccccc2)C(=O)NCC(C)C)c1. The van der Waals surface area contributed by atoms with Crippen molar-refractivity contribution in [2.75, 3.05) is 31.5 Å². The van der Waals surface area contributed by atoms with Crippen LogP contribution in [-0.4, -0.2) is 62.7 Å². The van der Waals surface area contributed by atoms with E-state index in [9.17, 15) is 18.0 Å². The third-order valence-electron chi connectivity index (χ3n) is 6.45. The van der Waals surface area contributed by atoms with E-state index >= 15 is 0 Å². The van der Waals surface area contributed by atoms with Gasteiger partial charge in [0.05, 0.1) is 5.69 Å². The Kier molecular flexibility index (Phi) is 10.9. The predicted octanol–water partition coefficient (Wildman–Crippen LogP) is 4.02. The van der Waals surface area contributed by atoms with E-state index in [1.807, 2.05) is 75.4 Å². The summed E-state index contributed by atoms with van der Waals surface area (Å²) in [7, 11) is -1.15. The molecule has 0 heterocycles. The summed E-state index contributed by atoms with van der Waals surface area (Å²) in [6, 6.07) is 25.0. The summed E-state index contributed by atoms with van der Waals surface area (Å²) >= 11 is 0. The lowest BCUT2D eigenvalue weighted by Crippen LogP contribution is -2.54. The van der Waals surface area contributed by atoms with Gasteiger partial charge in [-0.15, -0.1) is 0 Å². The number of nitrogens with zero attached hydrogens (tertiary/aromatic N) is 3. The lowest BCUT2D eigenvalue weighted by molar-refractivity contribution is -0.140. The van der Waals surface area contributed by atoms with Crippen LogP contribution in [0.3, 0.4) is 0 Å². The molecule has 214 valence electrons. The number of nitrogens with one attached hydrogen (secondary N) is 1. The van der Waals surface area contributed by atoms with E-state index in [4.69, 9.17) is 0 Å². The number of para-hydroxylation sites is 1. The maximum Gasteiger partial charge on any atom is 0.304 e. The van der Waals surface area contributed by atoms with E-state index in [2.05, 4.69) is 5.32 Å². The average molecular weight is 565 g/mol. The van der Waals surface area contributed by atoms with Crippen LogP contribution in [0.5, 0.6) is 0 Å². The number of rotatable bonds is 13. The van der Waals surface area contributed by atoms with Gasteiger partial charge in [-0.25, -0.2) is 4.31 Å². The van der Waals surface area contributed by atoms with E-state index in [1.165, 1.54) is 19.0 Å². The minimum atomic E-state index is -4.01. The summed E-state index contributed by atoms with van der Waals surface area (Å²) in [6.07, 6.45) is 0.286. The van der Waals surface area contributed by atoms with Gasteiger partial charge in [-0.1, -0.05) is 92.2 Å². The van der Waals surface area contributed by atoms with Crippen LogP contribution in [0.25, 0.3) is 0 Å². The first-order valence-electron chi connectivity index (χ1n) is 13.4. The molecule has 0 spiro atoms. The highest BCUT2D eigenvalue weighted by Gasteiger charge is 2.34. The van der Waals surface area contributed by atoms with Crippen molar-refractivity contribution in [1.29, 1.82) is 0 Å². The highest BCUT2D eigenvalue weighted by atomic mass is 32.2. The smallest absolute Gasteiger partial charge is 0.304 e. The van der Waals surface area contributed by atoms with Gasteiger partial charge < -0.3 is 10.2 Å².